The Labute approximate surface area is 195 Å². The molecule has 1 amide bonds. The Hall–Kier alpha value is -2.18. The summed E-state index contributed by atoms with van der Waals surface area (Å²) >= 11 is 5.08. The smallest absolute Gasteiger partial charge is 0.259 e. The molecule has 0 aliphatic heterocycles. The minimum absolute atomic E-state index is 0.100. The maximum Gasteiger partial charge on any atom is 0.259 e. The van der Waals surface area contributed by atoms with Gasteiger partial charge in [-0.05, 0) is 79.5 Å². The molecule has 1 atom stereocenters. The van der Waals surface area contributed by atoms with E-state index in [9.17, 15) is 4.79 Å². The van der Waals surface area contributed by atoms with E-state index in [1.165, 1.54) is 4.88 Å². The zero-order valence-corrected chi connectivity index (χ0v) is 20.7. The number of carbonyl (C=O) groups excluding carboxylic acids is 1. The number of nitrogens with zero attached hydrogens (tertiary/aromatic N) is 1. The van der Waals surface area contributed by atoms with Gasteiger partial charge in [-0.2, -0.15) is 0 Å². The number of benzene rings is 1. The molecular weight excluding hydrogens is 472 g/mol. The lowest BCUT2D eigenvalue weighted by Crippen LogP contribution is -2.27. The lowest BCUT2D eigenvalue weighted by atomic mass is 9.72. The summed E-state index contributed by atoms with van der Waals surface area (Å²) in [7, 11) is 0. The van der Waals surface area contributed by atoms with Crippen LogP contribution in [0.4, 0.5) is 10.7 Å². The number of hydrogen-bond donors (Lipinski definition) is 1. The second-order valence-corrected chi connectivity index (χ2v) is 11.2. The van der Waals surface area contributed by atoms with E-state index in [1.807, 2.05) is 43.3 Å². The summed E-state index contributed by atoms with van der Waals surface area (Å²) < 4.78 is 6.60. The molecule has 0 bridgehead atoms. The largest absolute Gasteiger partial charge is 0.460 e. The van der Waals surface area contributed by atoms with Crippen molar-refractivity contribution in [3.63, 3.8) is 0 Å². The predicted octanol–water partition coefficient (Wildman–Crippen LogP) is 7.57. The first kappa shape index (κ1) is 22.0. The molecule has 1 N–H and O–H groups in total. The Kier molecular flexibility index (Phi) is 6.22. The molecule has 0 unspecified atom stereocenters. The molecule has 2 heterocycles. The van der Waals surface area contributed by atoms with Crippen molar-refractivity contribution in [2.75, 3.05) is 5.32 Å². The van der Waals surface area contributed by atoms with Gasteiger partial charge in [0, 0.05) is 15.0 Å². The molecule has 0 radical (unpaired) electrons. The molecule has 0 fully saturated rings. The van der Waals surface area contributed by atoms with Crippen molar-refractivity contribution >= 4 is 50.1 Å². The average Bonchev–Trinajstić information content (AvgIpc) is 3.29. The third-order valence-corrected chi connectivity index (χ3v) is 7.56. The van der Waals surface area contributed by atoms with Gasteiger partial charge < -0.3 is 9.73 Å². The third-order valence-electron chi connectivity index (χ3n) is 5.87. The molecule has 162 valence electrons. The maximum absolute atomic E-state index is 13.3. The third kappa shape index (κ3) is 5.01. The van der Waals surface area contributed by atoms with Crippen LogP contribution in [0, 0.1) is 18.3 Å². The fraction of sp³-hybridized carbons (Fsp3) is 0.360. The number of furan rings is 1. The van der Waals surface area contributed by atoms with Gasteiger partial charge >= 0.3 is 0 Å². The normalized spacial score (nSPS) is 16.5. The number of anilines is 1. The monoisotopic (exact) mass is 498 g/mol. The highest BCUT2D eigenvalue weighted by atomic mass is 79.9. The number of carbonyl (C=O) groups is 1. The maximum atomic E-state index is 13.3. The summed E-state index contributed by atoms with van der Waals surface area (Å²) in [6, 6.07) is 11.4. The number of aryl methyl sites for hydroxylation is 1. The fourth-order valence-electron chi connectivity index (χ4n) is 4.01. The highest BCUT2D eigenvalue weighted by Gasteiger charge is 2.33. The molecule has 0 saturated heterocycles. The molecule has 0 saturated carbocycles. The molecule has 1 aromatic carbocycles. The molecule has 31 heavy (non-hydrogen) atoms. The van der Waals surface area contributed by atoms with E-state index in [0.717, 1.165) is 45.7 Å². The first-order chi connectivity index (χ1) is 14.7. The molecule has 6 heteroatoms. The molecular formula is C25H27BrN2O2S. The summed E-state index contributed by atoms with van der Waals surface area (Å²) in [5.74, 6) is 2.03. The number of fused-ring (bicyclic) bond motifs is 1. The van der Waals surface area contributed by atoms with Gasteiger partial charge in [-0.15, -0.1) is 11.3 Å². The van der Waals surface area contributed by atoms with Crippen molar-refractivity contribution in [1.82, 2.24) is 0 Å². The first-order valence-electron chi connectivity index (χ1n) is 10.5. The van der Waals surface area contributed by atoms with Crippen molar-refractivity contribution in [2.45, 2.75) is 47.0 Å². The highest BCUT2D eigenvalue weighted by Crippen LogP contribution is 2.45. The van der Waals surface area contributed by atoms with Crippen LogP contribution in [-0.4, -0.2) is 12.1 Å². The van der Waals surface area contributed by atoms with E-state index in [4.69, 9.17) is 9.41 Å². The van der Waals surface area contributed by atoms with Crippen molar-refractivity contribution in [1.29, 1.82) is 0 Å². The number of thiophene rings is 1. The number of aliphatic imine (C=N–C) groups is 1. The Balaban J connectivity index is 1.69. The second kappa shape index (κ2) is 8.75. The summed E-state index contributed by atoms with van der Waals surface area (Å²) in [6.07, 6.45) is 4.71. The lowest BCUT2D eigenvalue weighted by molar-refractivity contribution is 0.102. The fourth-order valence-corrected chi connectivity index (χ4v) is 5.54. The number of hydrogen-bond acceptors (Lipinski definition) is 4. The molecule has 3 aromatic rings. The zero-order chi connectivity index (χ0) is 22.2. The SMILES string of the molecule is Cc1ccc(C=Nc2sc3c(c2C(=O)Nc2ccc(Br)cc2)CC[C@@H](C(C)(C)C)C3)o1. The lowest BCUT2D eigenvalue weighted by Gasteiger charge is -2.33. The van der Waals surface area contributed by atoms with Crippen LogP contribution in [-0.2, 0) is 12.8 Å². The average molecular weight is 499 g/mol. The van der Waals surface area contributed by atoms with E-state index >= 15 is 0 Å². The summed E-state index contributed by atoms with van der Waals surface area (Å²) in [4.78, 5) is 19.3. The van der Waals surface area contributed by atoms with Crippen LogP contribution in [0.15, 0.2) is 50.3 Å². The second-order valence-electron chi connectivity index (χ2n) is 9.16. The van der Waals surface area contributed by atoms with Crippen molar-refractivity contribution in [3.05, 3.63) is 68.4 Å². The van der Waals surface area contributed by atoms with Gasteiger partial charge in [0.05, 0.1) is 11.8 Å². The van der Waals surface area contributed by atoms with Crippen LogP contribution in [0.1, 0.15) is 59.5 Å². The van der Waals surface area contributed by atoms with Crippen LogP contribution in [0.3, 0.4) is 0 Å². The van der Waals surface area contributed by atoms with Gasteiger partial charge in [0.15, 0.2) is 0 Å². The van der Waals surface area contributed by atoms with E-state index < -0.39 is 0 Å². The molecule has 1 aliphatic rings. The molecule has 0 spiro atoms. The van der Waals surface area contributed by atoms with Crippen LogP contribution in [0.5, 0.6) is 0 Å². The van der Waals surface area contributed by atoms with Gasteiger partial charge in [0.25, 0.3) is 5.91 Å². The van der Waals surface area contributed by atoms with Gasteiger partial charge in [-0.3, -0.25) is 4.79 Å². The Morgan fingerprint density at radius 1 is 1.23 bits per heavy atom. The van der Waals surface area contributed by atoms with Gasteiger partial charge in [0.1, 0.15) is 16.5 Å². The number of halogens is 1. The zero-order valence-electron chi connectivity index (χ0n) is 18.3. The van der Waals surface area contributed by atoms with E-state index in [1.54, 1.807) is 17.6 Å². The molecule has 1 aliphatic carbocycles. The molecule has 4 nitrogen and oxygen atoms in total. The van der Waals surface area contributed by atoms with Gasteiger partial charge in [0.2, 0.25) is 0 Å². The number of nitrogens with one attached hydrogen (secondary N) is 1. The van der Waals surface area contributed by atoms with Crippen LogP contribution < -0.4 is 5.32 Å². The quantitative estimate of drug-likeness (QED) is 0.377. The topological polar surface area (TPSA) is 54.6 Å². The van der Waals surface area contributed by atoms with Gasteiger partial charge in [-0.25, -0.2) is 4.99 Å². The number of rotatable bonds is 4. The van der Waals surface area contributed by atoms with Crippen LogP contribution >= 0.6 is 27.3 Å². The van der Waals surface area contributed by atoms with Crippen LogP contribution in [0.2, 0.25) is 0 Å². The minimum atomic E-state index is -0.100. The predicted molar refractivity (Wildman–Crippen MR) is 132 cm³/mol. The summed E-state index contributed by atoms with van der Waals surface area (Å²) in [5.41, 5.74) is 2.88. The van der Waals surface area contributed by atoms with Crippen molar-refractivity contribution in [2.24, 2.45) is 16.3 Å². The highest BCUT2D eigenvalue weighted by molar-refractivity contribution is 9.10. The first-order valence-corrected chi connectivity index (χ1v) is 12.1. The van der Waals surface area contributed by atoms with Crippen molar-refractivity contribution < 1.29 is 9.21 Å². The van der Waals surface area contributed by atoms with Crippen molar-refractivity contribution in [3.8, 4) is 0 Å². The molecule has 2 aromatic heterocycles. The summed E-state index contributed by atoms with van der Waals surface area (Å²) in [6.45, 7) is 8.81. The summed E-state index contributed by atoms with van der Waals surface area (Å²) in [5, 5.41) is 3.81. The van der Waals surface area contributed by atoms with E-state index in [2.05, 4.69) is 42.0 Å². The Bertz CT molecular complexity index is 1120. The Morgan fingerprint density at radius 2 is 1.97 bits per heavy atom. The van der Waals surface area contributed by atoms with Crippen LogP contribution in [0.25, 0.3) is 0 Å². The van der Waals surface area contributed by atoms with E-state index in [0.29, 0.717) is 17.2 Å². The van der Waals surface area contributed by atoms with Gasteiger partial charge in [-0.1, -0.05) is 36.7 Å². The minimum Gasteiger partial charge on any atom is -0.460 e. The Morgan fingerprint density at radius 3 is 2.61 bits per heavy atom. The standard InChI is InChI=1S/C25H27BrN2O2S/c1-15-5-11-19(30-15)14-27-24-22(23(29)28-18-9-7-17(26)8-10-18)20-12-6-16(25(2,3)4)13-21(20)31-24/h5,7-11,14,16H,6,12-13H2,1-4H3,(H,28,29)/t16-/m1/s1. The number of amides is 1. The molecule has 4 rings (SSSR count). The van der Waals surface area contributed by atoms with E-state index in [-0.39, 0.29) is 11.3 Å².